The normalized spacial score (nSPS) is 29.9. The van der Waals surface area contributed by atoms with E-state index in [4.69, 9.17) is 4.74 Å². The van der Waals surface area contributed by atoms with Gasteiger partial charge < -0.3 is 20.7 Å². The molecule has 0 bridgehead atoms. The summed E-state index contributed by atoms with van der Waals surface area (Å²) in [6, 6.07) is 8.86. The number of rotatable bonds is 9. The van der Waals surface area contributed by atoms with Crippen molar-refractivity contribution in [2.45, 2.75) is 82.2 Å². The number of urea groups is 1. The van der Waals surface area contributed by atoms with Crippen LogP contribution in [-0.2, 0) is 22.6 Å². The van der Waals surface area contributed by atoms with Crippen LogP contribution in [0.25, 0.3) is 0 Å². The Labute approximate surface area is 195 Å². The van der Waals surface area contributed by atoms with Crippen LogP contribution < -0.4 is 16.0 Å². The SMILES string of the molecule is C[C@@H]1CN(Cc2ccccc2CNC(=O)CCCC[C@@H]2SC[C@@H]3NC(=O)N[C@@H]32)C[C@@H](C)O1. The first kappa shape index (κ1) is 23.4. The average molecular weight is 461 g/mol. The molecular weight excluding hydrogens is 424 g/mol. The van der Waals surface area contributed by atoms with Gasteiger partial charge in [0.1, 0.15) is 0 Å². The van der Waals surface area contributed by atoms with Crippen molar-refractivity contribution in [2.75, 3.05) is 18.8 Å². The highest BCUT2D eigenvalue weighted by Gasteiger charge is 2.42. The molecule has 7 nitrogen and oxygen atoms in total. The number of thioether (sulfide) groups is 1. The Morgan fingerprint density at radius 2 is 1.91 bits per heavy atom. The smallest absolute Gasteiger partial charge is 0.315 e. The number of nitrogens with one attached hydrogen (secondary N) is 3. The zero-order valence-corrected chi connectivity index (χ0v) is 20.0. The molecule has 1 aromatic rings. The number of hydrogen-bond donors (Lipinski definition) is 3. The predicted molar refractivity (Wildman–Crippen MR) is 128 cm³/mol. The molecule has 0 radical (unpaired) electrons. The highest BCUT2D eigenvalue weighted by atomic mass is 32.2. The lowest BCUT2D eigenvalue weighted by Gasteiger charge is -2.35. The summed E-state index contributed by atoms with van der Waals surface area (Å²) in [6.45, 7) is 7.58. The Bertz CT molecular complexity index is 797. The standard InChI is InChI=1S/C24H36N4O3S/c1-16-12-28(13-17(2)31-16)14-19-8-4-3-7-18(19)11-25-22(29)10-6-5-9-21-23-20(15-32-21)26-24(30)27-23/h3-4,7-8,16-17,20-21,23H,5-6,9-15H2,1-2H3,(H,25,29)(H2,26,27,30)/t16-,17-,20+,21+,23+/m1/s1. The molecule has 3 amide bonds. The summed E-state index contributed by atoms with van der Waals surface area (Å²) in [4.78, 5) is 26.3. The zero-order valence-electron chi connectivity index (χ0n) is 19.1. The minimum absolute atomic E-state index is 0.0393. The molecule has 0 aromatic heterocycles. The number of ether oxygens (including phenoxy) is 1. The number of benzene rings is 1. The fourth-order valence-electron chi connectivity index (χ4n) is 5.09. The van der Waals surface area contributed by atoms with E-state index in [1.165, 1.54) is 11.1 Å². The Balaban J connectivity index is 1.17. The van der Waals surface area contributed by atoms with E-state index in [2.05, 4.69) is 52.9 Å². The average Bonchev–Trinajstić information content (AvgIpc) is 3.29. The van der Waals surface area contributed by atoms with Crippen molar-refractivity contribution in [1.29, 1.82) is 0 Å². The molecular formula is C24H36N4O3S. The van der Waals surface area contributed by atoms with Crippen LogP contribution in [0, 0.1) is 0 Å². The minimum atomic E-state index is -0.0393. The van der Waals surface area contributed by atoms with E-state index in [9.17, 15) is 9.59 Å². The molecule has 1 aromatic carbocycles. The van der Waals surface area contributed by atoms with E-state index in [-0.39, 0.29) is 36.2 Å². The fourth-order valence-corrected chi connectivity index (χ4v) is 6.64. The summed E-state index contributed by atoms with van der Waals surface area (Å²) in [5.41, 5.74) is 2.46. The molecule has 3 aliphatic rings. The summed E-state index contributed by atoms with van der Waals surface area (Å²) < 4.78 is 5.85. The van der Waals surface area contributed by atoms with Crippen molar-refractivity contribution in [1.82, 2.24) is 20.9 Å². The molecule has 176 valence electrons. The van der Waals surface area contributed by atoms with Crippen molar-refractivity contribution in [3.05, 3.63) is 35.4 Å². The van der Waals surface area contributed by atoms with Gasteiger partial charge in [-0.2, -0.15) is 11.8 Å². The van der Waals surface area contributed by atoms with E-state index in [1.807, 2.05) is 17.8 Å². The van der Waals surface area contributed by atoms with Gasteiger partial charge in [-0.3, -0.25) is 9.69 Å². The maximum absolute atomic E-state index is 12.4. The molecule has 0 aliphatic carbocycles. The highest BCUT2D eigenvalue weighted by Crippen LogP contribution is 2.33. The molecule has 0 unspecified atom stereocenters. The molecule has 8 heteroatoms. The Morgan fingerprint density at radius 1 is 1.16 bits per heavy atom. The maximum atomic E-state index is 12.4. The van der Waals surface area contributed by atoms with E-state index in [1.54, 1.807) is 0 Å². The number of unbranched alkanes of at least 4 members (excludes halogenated alkanes) is 1. The molecule has 3 saturated heterocycles. The largest absolute Gasteiger partial charge is 0.373 e. The van der Waals surface area contributed by atoms with Crippen LogP contribution in [0.15, 0.2) is 24.3 Å². The number of hydrogen-bond acceptors (Lipinski definition) is 5. The van der Waals surface area contributed by atoms with Gasteiger partial charge in [-0.1, -0.05) is 30.7 Å². The van der Waals surface area contributed by atoms with Gasteiger partial charge in [-0.15, -0.1) is 0 Å². The van der Waals surface area contributed by atoms with Gasteiger partial charge in [0.05, 0.1) is 24.3 Å². The Hall–Kier alpha value is -1.77. The summed E-state index contributed by atoms with van der Waals surface area (Å²) in [7, 11) is 0. The number of nitrogens with zero attached hydrogens (tertiary/aromatic N) is 1. The van der Waals surface area contributed by atoms with E-state index in [0.717, 1.165) is 44.6 Å². The van der Waals surface area contributed by atoms with Crippen LogP contribution >= 0.6 is 11.8 Å². The monoisotopic (exact) mass is 460 g/mol. The predicted octanol–water partition coefficient (Wildman–Crippen LogP) is 2.64. The lowest BCUT2D eigenvalue weighted by Crippen LogP contribution is -2.45. The van der Waals surface area contributed by atoms with Crippen molar-refractivity contribution in [2.24, 2.45) is 0 Å². The van der Waals surface area contributed by atoms with E-state index < -0.39 is 0 Å². The Kier molecular flexibility index (Phi) is 7.97. The van der Waals surface area contributed by atoms with E-state index in [0.29, 0.717) is 18.2 Å². The molecule has 3 heterocycles. The second kappa shape index (κ2) is 10.9. The number of carbonyl (C=O) groups excluding carboxylic acids is 2. The van der Waals surface area contributed by atoms with Crippen LogP contribution in [-0.4, -0.2) is 65.2 Å². The second-order valence-electron chi connectivity index (χ2n) is 9.36. The van der Waals surface area contributed by atoms with Crippen LogP contribution in [0.3, 0.4) is 0 Å². The first-order valence-electron chi connectivity index (χ1n) is 11.9. The third-order valence-electron chi connectivity index (χ3n) is 6.56. The van der Waals surface area contributed by atoms with Crippen LogP contribution in [0.5, 0.6) is 0 Å². The summed E-state index contributed by atoms with van der Waals surface area (Å²) in [6.07, 6.45) is 3.98. The lowest BCUT2D eigenvalue weighted by molar-refractivity contribution is -0.121. The van der Waals surface area contributed by atoms with Crippen molar-refractivity contribution >= 4 is 23.7 Å². The molecule has 0 spiro atoms. The third kappa shape index (κ3) is 6.17. The lowest BCUT2D eigenvalue weighted by atomic mass is 10.0. The molecule has 0 saturated carbocycles. The van der Waals surface area contributed by atoms with Crippen molar-refractivity contribution in [3.8, 4) is 0 Å². The summed E-state index contributed by atoms with van der Waals surface area (Å²) in [5.74, 6) is 1.09. The minimum Gasteiger partial charge on any atom is -0.373 e. The topological polar surface area (TPSA) is 82.7 Å². The number of fused-ring (bicyclic) bond motifs is 1. The Morgan fingerprint density at radius 3 is 2.69 bits per heavy atom. The second-order valence-corrected chi connectivity index (χ2v) is 10.6. The first-order valence-corrected chi connectivity index (χ1v) is 12.9. The maximum Gasteiger partial charge on any atom is 0.315 e. The molecule has 3 N–H and O–H groups in total. The van der Waals surface area contributed by atoms with Crippen molar-refractivity contribution in [3.63, 3.8) is 0 Å². The number of amides is 3. The molecule has 3 aliphatic heterocycles. The number of morpholine rings is 1. The van der Waals surface area contributed by atoms with Crippen LogP contribution in [0.2, 0.25) is 0 Å². The van der Waals surface area contributed by atoms with Crippen LogP contribution in [0.4, 0.5) is 4.79 Å². The van der Waals surface area contributed by atoms with E-state index >= 15 is 0 Å². The van der Waals surface area contributed by atoms with Gasteiger partial charge in [-0.25, -0.2) is 4.79 Å². The molecule has 4 rings (SSSR count). The van der Waals surface area contributed by atoms with Crippen molar-refractivity contribution < 1.29 is 14.3 Å². The van der Waals surface area contributed by atoms with Gasteiger partial charge in [0.15, 0.2) is 0 Å². The summed E-state index contributed by atoms with van der Waals surface area (Å²) >= 11 is 1.93. The third-order valence-corrected chi connectivity index (χ3v) is 8.07. The molecule has 32 heavy (non-hydrogen) atoms. The van der Waals surface area contributed by atoms with Gasteiger partial charge >= 0.3 is 6.03 Å². The van der Waals surface area contributed by atoms with Gasteiger partial charge in [0.2, 0.25) is 5.91 Å². The van der Waals surface area contributed by atoms with Gasteiger partial charge in [-0.05, 0) is 37.8 Å². The fraction of sp³-hybridized carbons (Fsp3) is 0.667. The van der Waals surface area contributed by atoms with Crippen LogP contribution in [0.1, 0.15) is 50.7 Å². The summed E-state index contributed by atoms with van der Waals surface area (Å²) in [5, 5.41) is 9.58. The zero-order chi connectivity index (χ0) is 22.5. The van der Waals surface area contributed by atoms with Gasteiger partial charge in [0, 0.05) is 43.6 Å². The first-order chi connectivity index (χ1) is 15.5. The highest BCUT2D eigenvalue weighted by molar-refractivity contribution is 8.00. The molecule has 5 atom stereocenters. The quantitative estimate of drug-likeness (QED) is 0.390. The molecule has 3 fully saturated rings. The number of carbonyl (C=O) groups is 2. The van der Waals surface area contributed by atoms with Gasteiger partial charge in [0.25, 0.3) is 0 Å².